The molecule has 6 aromatic rings. The third kappa shape index (κ3) is 13.1. The summed E-state index contributed by atoms with van der Waals surface area (Å²) >= 11 is 5.68. The van der Waals surface area contributed by atoms with E-state index in [9.17, 15) is 44.3 Å². The molecule has 73 heavy (non-hydrogen) atoms. The maximum absolute atomic E-state index is 13.6. The van der Waals surface area contributed by atoms with Crippen molar-refractivity contribution in [3.63, 3.8) is 0 Å². The summed E-state index contributed by atoms with van der Waals surface area (Å²) in [6, 6.07) is 18.2. The number of benzene rings is 2. The Bertz CT molecular complexity index is 2920. The van der Waals surface area contributed by atoms with E-state index in [-0.39, 0.29) is 18.2 Å². The number of carbonyl (C=O) groups excluding carboxylic acids is 2. The van der Waals surface area contributed by atoms with Gasteiger partial charge in [0.1, 0.15) is 94.8 Å². The molecule has 0 bridgehead atoms. The van der Waals surface area contributed by atoms with Crippen molar-refractivity contribution >= 4 is 71.5 Å². The smallest absolute Gasteiger partial charge is 0.459 e. The lowest BCUT2D eigenvalue weighted by molar-refractivity contribution is -0.143. The minimum absolute atomic E-state index is 0.222. The summed E-state index contributed by atoms with van der Waals surface area (Å²) in [5, 5.41) is 57.7. The molecule has 2 aromatic carbocycles. The second-order valence-electron chi connectivity index (χ2n) is 16.8. The van der Waals surface area contributed by atoms with Crippen LogP contribution in [0.15, 0.2) is 97.8 Å². The van der Waals surface area contributed by atoms with E-state index in [1.54, 1.807) is 89.8 Å². The molecule has 12 atom stereocenters. The number of methoxy groups -OCH3 is 2. The van der Waals surface area contributed by atoms with Crippen molar-refractivity contribution in [2.45, 2.75) is 87.9 Å². The molecule has 0 amide bonds. The van der Waals surface area contributed by atoms with Gasteiger partial charge >= 0.3 is 26.6 Å². The molecule has 2 saturated heterocycles. The summed E-state index contributed by atoms with van der Waals surface area (Å²) in [5.41, 5.74) is 9.21. The van der Waals surface area contributed by atoms with Crippen LogP contribution in [-0.2, 0) is 42.2 Å². The van der Waals surface area contributed by atoms with Gasteiger partial charge in [0.25, 0.3) is 0 Å². The Kier molecular flexibility index (Phi) is 18.2. The van der Waals surface area contributed by atoms with Crippen LogP contribution in [0.2, 0.25) is 0 Å². The molecule has 11 N–H and O–H groups in total. The van der Waals surface area contributed by atoms with E-state index >= 15 is 0 Å². The third-order valence-electron chi connectivity index (χ3n) is 11.4. The number of rotatable bonds is 16. The first-order valence-corrected chi connectivity index (χ1v) is 26.2. The van der Waals surface area contributed by atoms with Gasteiger partial charge in [-0.1, -0.05) is 36.4 Å². The quantitative estimate of drug-likeness (QED) is 0.0497. The Morgan fingerprint density at radius 1 is 0.726 bits per heavy atom. The van der Waals surface area contributed by atoms with Crippen LogP contribution >= 0.6 is 25.9 Å². The zero-order chi connectivity index (χ0) is 53.5. The van der Waals surface area contributed by atoms with Crippen LogP contribution in [0.4, 0.5) is 11.6 Å². The van der Waals surface area contributed by atoms with Gasteiger partial charge in [-0.05, 0) is 64.1 Å². The largest absolute Gasteiger partial charge is 0.468 e. The van der Waals surface area contributed by atoms with Crippen molar-refractivity contribution in [3.8, 4) is 11.5 Å². The van der Waals surface area contributed by atoms with E-state index < -0.39 is 93.3 Å². The van der Waals surface area contributed by atoms with Crippen molar-refractivity contribution < 1.29 is 76.8 Å². The zero-order valence-corrected chi connectivity index (χ0v) is 42.7. The average molecular weight is 1080 g/mol. The number of aromatic nitrogens is 6. The van der Waals surface area contributed by atoms with Crippen molar-refractivity contribution in [3.05, 3.63) is 97.8 Å². The number of anilines is 2. The molecule has 0 radical (unpaired) electrons. The Labute approximate surface area is 422 Å². The van der Waals surface area contributed by atoms with Crippen LogP contribution in [0, 0.1) is 0 Å². The number of hydrogen-bond donors (Lipinski definition) is 9. The predicted octanol–water partition coefficient (Wildman–Crippen LogP) is 2.96. The second kappa shape index (κ2) is 23.6. The van der Waals surface area contributed by atoms with Crippen LogP contribution in [-0.4, -0.2) is 142 Å². The van der Waals surface area contributed by atoms with E-state index in [1.807, 2.05) is 0 Å². The lowest BCUT2D eigenvalue weighted by Crippen LogP contribution is -2.44. The molecule has 0 aliphatic carbocycles. The SMILES string of the molecule is COC(=O)[C@H](C)NP(=O)(Cl)Oc1ccccc1.COC(=O)[C@H](C)NP(=O)(OC[C@H]1O[C@@H](n2ccc3c(N)ncnc32)[C@](C)(O)[C@@H]1O)Oc1ccccc1.C[C@@]1(O)[C@H](O)[C@@H](CO)O[C@H]1n1ccc2c(N)ncnc21. The summed E-state index contributed by atoms with van der Waals surface area (Å²) in [5.74, 6) is -0.0965. The molecule has 2 unspecified atom stereocenters. The molecule has 0 spiro atoms. The predicted molar refractivity (Wildman–Crippen MR) is 262 cm³/mol. The second-order valence-corrected chi connectivity index (χ2v) is 21.3. The molecule has 26 nitrogen and oxygen atoms in total. The number of aliphatic hydroxyl groups excluding tert-OH is 3. The van der Waals surface area contributed by atoms with Crippen LogP contribution in [0.1, 0.15) is 40.2 Å². The first-order valence-electron chi connectivity index (χ1n) is 22.1. The fraction of sp³-hybridized carbons (Fsp3) is 0.409. The maximum Gasteiger partial charge on any atom is 0.459 e. The van der Waals surface area contributed by atoms with Crippen LogP contribution in [0.3, 0.4) is 0 Å². The normalized spacial score (nSPS) is 26.0. The number of ether oxygens (including phenoxy) is 4. The van der Waals surface area contributed by atoms with Gasteiger partial charge in [-0.3, -0.25) is 14.1 Å². The Morgan fingerprint density at radius 2 is 1.15 bits per heavy atom. The molecular weight excluding hydrogens is 1020 g/mol. The van der Waals surface area contributed by atoms with E-state index in [1.165, 1.54) is 59.1 Å². The number of para-hydroxylation sites is 2. The number of nitrogen functional groups attached to an aromatic ring is 2. The third-order valence-corrected chi connectivity index (χ3v) is 14.7. The van der Waals surface area contributed by atoms with Gasteiger partial charge < -0.3 is 74.1 Å². The highest BCUT2D eigenvalue weighted by atomic mass is 35.7. The number of esters is 2. The number of nitrogens with zero attached hydrogens (tertiary/aromatic N) is 6. The Morgan fingerprint density at radius 3 is 1.59 bits per heavy atom. The first kappa shape index (κ1) is 56.5. The fourth-order valence-corrected chi connectivity index (χ4v) is 10.8. The fourth-order valence-electron chi connectivity index (χ4n) is 7.58. The van der Waals surface area contributed by atoms with Gasteiger partial charge in [-0.25, -0.2) is 34.2 Å². The number of fused-ring (bicyclic) bond motifs is 2. The summed E-state index contributed by atoms with van der Waals surface area (Å²) in [6.45, 7) is 1.32. The average Bonchev–Trinajstić information content (AvgIpc) is 4.10. The monoisotopic (exact) mass is 1080 g/mol. The minimum atomic E-state index is -4.18. The summed E-state index contributed by atoms with van der Waals surface area (Å²) in [7, 11) is -1.75. The lowest BCUT2D eigenvalue weighted by Gasteiger charge is -2.27. The molecule has 396 valence electrons. The molecule has 8 rings (SSSR count). The summed E-state index contributed by atoms with van der Waals surface area (Å²) in [4.78, 5) is 39.2. The van der Waals surface area contributed by atoms with Gasteiger partial charge in [0, 0.05) is 23.6 Å². The molecule has 29 heteroatoms. The highest BCUT2D eigenvalue weighted by molar-refractivity contribution is 7.84. The van der Waals surface area contributed by atoms with Crippen molar-refractivity contribution in [2.24, 2.45) is 0 Å². The lowest BCUT2D eigenvalue weighted by atomic mass is 9.96. The van der Waals surface area contributed by atoms with Gasteiger partial charge in [0.05, 0.1) is 38.2 Å². The number of nitrogens with two attached hydrogens (primary N) is 2. The van der Waals surface area contributed by atoms with Crippen molar-refractivity contribution in [1.29, 1.82) is 0 Å². The minimum Gasteiger partial charge on any atom is -0.468 e. The molecule has 2 aliphatic rings. The highest BCUT2D eigenvalue weighted by Gasteiger charge is 2.55. The summed E-state index contributed by atoms with van der Waals surface area (Å²) < 4.78 is 65.3. The molecule has 4 aromatic heterocycles. The van der Waals surface area contributed by atoms with Gasteiger partial charge in [-0.15, -0.1) is 0 Å². The number of nitrogens with one attached hydrogen (secondary N) is 2. The Balaban J connectivity index is 0.000000198. The number of hydrogen-bond acceptors (Lipinski definition) is 22. The number of aliphatic hydroxyl groups is 5. The summed E-state index contributed by atoms with van der Waals surface area (Å²) in [6.07, 6.45) is -0.717. The van der Waals surface area contributed by atoms with Gasteiger partial charge in [-0.2, -0.15) is 5.09 Å². The topological polar surface area (TPSA) is 372 Å². The number of halogens is 1. The maximum atomic E-state index is 13.6. The Hall–Kier alpha value is -5.83. The van der Waals surface area contributed by atoms with Crippen molar-refractivity contribution in [1.82, 2.24) is 39.2 Å². The van der Waals surface area contributed by atoms with Gasteiger partial charge in [0.15, 0.2) is 12.5 Å². The van der Waals surface area contributed by atoms with Crippen molar-refractivity contribution in [2.75, 3.05) is 38.9 Å². The zero-order valence-electron chi connectivity index (χ0n) is 40.1. The molecule has 0 saturated carbocycles. The van der Waals surface area contributed by atoms with Crippen LogP contribution in [0.25, 0.3) is 22.1 Å². The molecule has 2 aliphatic heterocycles. The van der Waals surface area contributed by atoms with E-state index in [0.717, 1.165) is 0 Å². The van der Waals surface area contributed by atoms with E-state index in [0.29, 0.717) is 33.6 Å². The molecule has 6 heterocycles. The van der Waals surface area contributed by atoms with E-state index in [2.05, 4.69) is 39.6 Å². The van der Waals surface area contributed by atoms with E-state index in [4.69, 9.17) is 45.8 Å². The highest BCUT2D eigenvalue weighted by Crippen LogP contribution is 2.49. The molecule has 2 fully saturated rings. The van der Waals surface area contributed by atoms with Crippen LogP contribution in [0.5, 0.6) is 11.5 Å². The number of carbonyl (C=O) groups is 2. The molecular formula is C44H57ClN10O16P2. The van der Waals surface area contributed by atoms with Crippen LogP contribution < -0.4 is 30.7 Å². The van der Waals surface area contributed by atoms with Gasteiger partial charge in [0.2, 0.25) is 0 Å². The standard InChI is InChI=1S/C22H28N5O8P.C12H16N4O4.C10H13ClNO4P/c1-13(20(29)32-3)26-36(31,35-14-7-5-4-6-8-14)33-11-16-17(28)22(2,30)21(34-16)27-10-9-15-18(23)24-12-25-19(15)27;1-12(19)8(18)7(4-17)20-11(12)16-3-2-6-9(13)14-5-15-10(6)16;1-8(10(13)15-2)12-17(11,14)16-9-6-4-3-5-7-9/h4-10,12-13,16-17,21,28,30H,11H2,1-3H3,(H,26,31)(H2,23,24,25);2-3,5,7-8,11,17-19H,4H2,1H3,(H2,13,14,15);3-8H,1-2H3,(H,12,14)/t13-,16+,17+,21+,22+,36?;7-,8-,11-,12-;8-,17?/m010/s1. The first-order chi connectivity index (χ1) is 34.5.